The summed E-state index contributed by atoms with van der Waals surface area (Å²) < 4.78 is 13.9. The summed E-state index contributed by atoms with van der Waals surface area (Å²) in [4.78, 5) is 12.3. The van der Waals surface area contributed by atoms with Crippen LogP contribution < -0.4 is 5.32 Å². The van der Waals surface area contributed by atoms with E-state index < -0.39 is 18.0 Å². The van der Waals surface area contributed by atoms with Gasteiger partial charge in [0.1, 0.15) is 5.82 Å². The highest BCUT2D eigenvalue weighted by Crippen LogP contribution is 2.25. The van der Waals surface area contributed by atoms with Gasteiger partial charge in [-0.05, 0) is 24.6 Å². The van der Waals surface area contributed by atoms with Gasteiger partial charge in [0.05, 0.1) is 30.5 Å². The van der Waals surface area contributed by atoms with Crippen molar-refractivity contribution in [2.45, 2.75) is 19.1 Å². The molecule has 7 heteroatoms. The third kappa shape index (κ3) is 3.32. The number of halogens is 1. The van der Waals surface area contributed by atoms with Crippen LogP contribution in [0.3, 0.4) is 0 Å². The number of rotatable bonds is 5. The monoisotopic (exact) mass is 328 g/mol. The first-order chi connectivity index (χ1) is 11.6. The third-order valence-corrected chi connectivity index (χ3v) is 3.76. The van der Waals surface area contributed by atoms with E-state index in [1.807, 2.05) is 6.07 Å². The van der Waals surface area contributed by atoms with Crippen molar-refractivity contribution in [3.05, 3.63) is 48.7 Å². The molecule has 0 bridgehead atoms. The lowest BCUT2D eigenvalue weighted by atomic mass is 10.1. The van der Waals surface area contributed by atoms with Crippen LogP contribution in [0.4, 0.5) is 10.3 Å². The predicted octanol–water partition coefficient (Wildman–Crippen LogP) is 1.98. The Labute approximate surface area is 138 Å². The van der Waals surface area contributed by atoms with Gasteiger partial charge in [-0.2, -0.15) is 0 Å². The standard InChI is InChI=1S/C17H17FN4O2/c1-10(24)16(9-23)22-17-20-7-12-3-2-11(6-15(12)21-17)13-4-5-19-8-14(13)18/h2-8,10,16,23-24H,9H2,1H3,(H,20,21,22)/t10?,16-/m1/s1. The van der Waals surface area contributed by atoms with Crippen LogP contribution in [0.15, 0.2) is 42.9 Å². The zero-order chi connectivity index (χ0) is 17.1. The Morgan fingerprint density at radius 2 is 2.08 bits per heavy atom. The first-order valence-corrected chi connectivity index (χ1v) is 7.50. The van der Waals surface area contributed by atoms with Crippen molar-refractivity contribution in [3.8, 4) is 11.1 Å². The number of aliphatic hydroxyl groups is 2. The van der Waals surface area contributed by atoms with E-state index in [2.05, 4.69) is 20.3 Å². The van der Waals surface area contributed by atoms with E-state index in [1.165, 1.54) is 12.4 Å². The number of aromatic nitrogens is 3. The molecule has 2 aromatic heterocycles. The topological polar surface area (TPSA) is 91.2 Å². The molecular weight excluding hydrogens is 311 g/mol. The van der Waals surface area contributed by atoms with Gasteiger partial charge in [0, 0.05) is 23.3 Å². The molecule has 0 amide bonds. The minimum Gasteiger partial charge on any atom is -0.394 e. The Balaban J connectivity index is 1.98. The van der Waals surface area contributed by atoms with E-state index in [9.17, 15) is 14.6 Å². The molecule has 0 aliphatic carbocycles. The van der Waals surface area contributed by atoms with Crippen LogP contribution in [0.2, 0.25) is 0 Å². The summed E-state index contributed by atoms with van der Waals surface area (Å²) in [6, 6.07) is 6.40. The number of nitrogens with one attached hydrogen (secondary N) is 1. The second kappa shape index (κ2) is 6.86. The number of pyridine rings is 1. The van der Waals surface area contributed by atoms with Gasteiger partial charge >= 0.3 is 0 Å². The Kier molecular flexibility index (Phi) is 4.64. The second-order valence-corrected chi connectivity index (χ2v) is 5.50. The third-order valence-electron chi connectivity index (χ3n) is 3.76. The van der Waals surface area contributed by atoms with E-state index in [1.54, 1.807) is 31.3 Å². The number of nitrogens with zero attached hydrogens (tertiary/aromatic N) is 3. The molecule has 0 aliphatic heterocycles. The Bertz CT molecular complexity index is 857. The van der Waals surface area contributed by atoms with Crippen molar-refractivity contribution < 1.29 is 14.6 Å². The molecule has 0 saturated carbocycles. The Morgan fingerprint density at radius 3 is 2.79 bits per heavy atom. The van der Waals surface area contributed by atoms with Gasteiger partial charge in [-0.3, -0.25) is 4.98 Å². The van der Waals surface area contributed by atoms with Crippen molar-refractivity contribution in [2.75, 3.05) is 11.9 Å². The van der Waals surface area contributed by atoms with Gasteiger partial charge < -0.3 is 15.5 Å². The molecule has 0 fully saturated rings. The molecule has 3 rings (SSSR count). The van der Waals surface area contributed by atoms with Crippen LogP contribution in [-0.2, 0) is 0 Å². The lowest BCUT2D eigenvalue weighted by Gasteiger charge is -2.18. The molecule has 124 valence electrons. The molecule has 24 heavy (non-hydrogen) atoms. The highest BCUT2D eigenvalue weighted by molar-refractivity contribution is 5.84. The van der Waals surface area contributed by atoms with Gasteiger partial charge in [0.2, 0.25) is 5.95 Å². The van der Waals surface area contributed by atoms with Gasteiger partial charge in [0.25, 0.3) is 0 Å². The summed E-state index contributed by atoms with van der Waals surface area (Å²) >= 11 is 0. The van der Waals surface area contributed by atoms with E-state index in [0.717, 1.165) is 5.39 Å². The molecule has 3 aromatic rings. The van der Waals surface area contributed by atoms with Crippen LogP contribution in [0, 0.1) is 5.82 Å². The lowest BCUT2D eigenvalue weighted by molar-refractivity contribution is 0.132. The van der Waals surface area contributed by atoms with Crippen molar-refractivity contribution >= 4 is 16.9 Å². The van der Waals surface area contributed by atoms with E-state index in [0.29, 0.717) is 16.6 Å². The second-order valence-electron chi connectivity index (χ2n) is 5.50. The van der Waals surface area contributed by atoms with Crippen LogP contribution >= 0.6 is 0 Å². The fourth-order valence-electron chi connectivity index (χ4n) is 2.35. The zero-order valence-corrected chi connectivity index (χ0v) is 13.0. The van der Waals surface area contributed by atoms with E-state index in [4.69, 9.17) is 0 Å². The molecular formula is C17H17FN4O2. The normalized spacial score (nSPS) is 13.7. The molecule has 2 atom stereocenters. The van der Waals surface area contributed by atoms with Gasteiger partial charge in [-0.1, -0.05) is 12.1 Å². The van der Waals surface area contributed by atoms with Crippen molar-refractivity contribution in [1.82, 2.24) is 15.0 Å². The van der Waals surface area contributed by atoms with Crippen LogP contribution in [-0.4, -0.2) is 43.9 Å². The van der Waals surface area contributed by atoms with Gasteiger partial charge in [-0.25, -0.2) is 14.4 Å². The number of anilines is 1. The molecule has 1 unspecified atom stereocenters. The van der Waals surface area contributed by atoms with E-state index >= 15 is 0 Å². The summed E-state index contributed by atoms with van der Waals surface area (Å²) in [5.41, 5.74) is 1.75. The quantitative estimate of drug-likeness (QED) is 0.663. The van der Waals surface area contributed by atoms with Gasteiger partial charge in [0.15, 0.2) is 0 Å². The minimum atomic E-state index is -0.758. The average Bonchev–Trinajstić information content (AvgIpc) is 2.59. The molecule has 6 nitrogen and oxygen atoms in total. The fraction of sp³-hybridized carbons (Fsp3) is 0.235. The highest BCUT2D eigenvalue weighted by atomic mass is 19.1. The largest absolute Gasteiger partial charge is 0.394 e. The first-order valence-electron chi connectivity index (χ1n) is 7.50. The number of hydrogen-bond acceptors (Lipinski definition) is 6. The smallest absolute Gasteiger partial charge is 0.223 e. The zero-order valence-electron chi connectivity index (χ0n) is 13.0. The number of benzene rings is 1. The molecule has 0 radical (unpaired) electrons. The molecule has 3 N–H and O–H groups in total. The Hall–Kier alpha value is -2.64. The predicted molar refractivity (Wildman–Crippen MR) is 88.9 cm³/mol. The summed E-state index contributed by atoms with van der Waals surface area (Å²) in [5, 5.41) is 22.5. The average molecular weight is 328 g/mol. The number of hydrogen-bond donors (Lipinski definition) is 3. The number of aliphatic hydroxyl groups excluding tert-OH is 2. The maximum Gasteiger partial charge on any atom is 0.223 e. The molecule has 0 aliphatic rings. The highest BCUT2D eigenvalue weighted by Gasteiger charge is 2.15. The van der Waals surface area contributed by atoms with Crippen LogP contribution in [0.1, 0.15) is 6.92 Å². The van der Waals surface area contributed by atoms with Crippen molar-refractivity contribution in [1.29, 1.82) is 0 Å². The number of fused-ring (bicyclic) bond motifs is 1. The SMILES string of the molecule is CC(O)[C@@H](CO)Nc1ncc2ccc(-c3ccncc3F)cc2n1. The maximum absolute atomic E-state index is 13.9. The minimum absolute atomic E-state index is 0.249. The van der Waals surface area contributed by atoms with Crippen molar-refractivity contribution in [3.63, 3.8) is 0 Å². The molecule has 1 aromatic carbocycles. The Morgan fingerprint density at radius 1 is 1.25 bits per heavy atom. The van der Waals surface area contributed by atoms with Crippen molar-refractivity contribution in [2.24, 2.45) is 0 Å². The lowest BCUT2D eigenvalue weighted by Crippen LogP contribution is -2.35. The van der Waals surface area contributed by atoms with E-state index in [-0.39, 0.29) is 12.6 Å². The molecule has 0 spiro atoms. The molecule has 0 saturated heterocycles. The summed E-state index contributed by atoms with van der Waals surface area (Å²) in [5.74, 6) is -0.117. The summed E-state index contributed by atoms with van der Waals surface area (Å²) in [7, 11) is 0. The van der Waals surface area contributed by atoms with Crippen LogP contribution in [0.5, 0.6) is 0 Å². The fourth-order valence-corrected chi connectivity index (χ4v) is 2.35. The van der Waals surface area contributed by atoms with Crippen LogP contribution in [0.25, 0.3) is 22.0 Å². The molecule has 2 heterocycles. The van der Waals surface area contributed by atoms with Gasteiger partial charge in [-0.15, -0.1) is 0 Å². The maximum atomic E-state index is 13.9. The summed E-state index contributed by atoms with van der Waals surface area (Å²) in [6.07, 6.45) is 3.57. The summed E-state index contributed by atoms with van der Waals surface area (Å²) in [6.45, 7) is 1.32. The first kappa shape index (κ1) is 16.2.